The molecule has 5 heteroatoms. The molecule has 0 radical (unpaired) electrons. The van der Waals surface area contributed by atoms with Gasteiger partial charge in [0.2, 0.25) is 0 Å². The lowest BCUT2D eigenvalue weighted by Crippen LogP contribution is -2.36. The topological polar surface area (TPSA) is 53.5 Å². The van der Waals surface area contributed by atoms with E-state index in [0.29, 0.717) is 30.9 Å². The van der Waals surface area contributed by atoms with E-state index in [9.17, 15) is 9.59 Å². The van der Waals surface area contributed by atoms with Crippen molar-refractivity contribution < 1.29 is 9.59 Å². The number of rotatable bonds is 8. The van der Waals surface area contributed by atoms with Crippen molar-refractivity contribution in [1.82, 2.24) is 14.8 Å². The molecule has 0 saturated heterocycles. The van der Waals surface area contributed by atoms with E-state index >= 15 is 0 Å². The summed E-state index contributed by atoms with van der Waals surface area (Å²) >= 11 is 0. The number of imide groups is 1. The Morgan fingerprint density at radius 3 is 2.25 bits per heavy atom. The maximum absolute atomic E-state index is 13.2. The predicted octanol–water partition coefficient (Wildman–Crippen LogP) is 3.44. The Morgan fingerprint density at radius 2 is 1.64 bits per heavy atom. The molecule has 28 heavy (non-hydrogen) atoms. The minimum atomic E-state index is -0.187. The molecule has 0 bridgehead atoms. The van der Waals surface area contributed by atoms with E-state index in [0.717, 1.165) is 29.5 Å². The van der Waals surface area contributed by atoms with Gasteiger partial charge in [-0.3, -0.25) is 19.5 Å². The smallest absolute Gasteiger partial charge is 0.277 e. The molecule has 0 aliphatic carbocycles. The van der Waals surface area contributed by atoms with Crippen LogP contribution in [-0.4, -0.2) is 46.2 Å². The highest BCUT2D eigenvalue weighted by atomic mass is 16.2. The van der Waals surface area contributed by atoms with Gasteiger partial charge in [0, 0.05) is 32.0 Å². The molecule has 1 aliphatic rings. The van der Waals surface area contributed by atoms with Crippen LogP contribution in [0.1, 0.15) is 37.0 Å². The summed E-state index contributed by atoms with van der Waals surface area (Å²) in [4.78, 5) is 33.7. The number of carbonyl (C=O) groups excluding carboxylic acids is 2. The minimum absolute atomic E-state index is 0.181. The second-order valence-electron chi connectivity index (χ2n) is 7.04. The van der Waals surface area contributed by atoms with E-state index in [1.807, 2.05) is 62.1 Å². The molecule has 0 unspecified atom stereocenters. The number of likely N-dealkylation sites (N-methyl/N-ethyl adjacent to an activating group) is 1. The molecule has 0 saturated carbocycles. The molecule has 0 N–H and O–H groups in total. The SMILES string of the molecule is CCCN1C(=O)C(c2ccc(C)cc2)=C(N(CC)CCc2ccncc2)C1=O. The predicted molar refractivity (Wildman–Crippen MR) is 110 cm³/mol. The van der Waals surface area contributed by atoms with Crippen LogP contribution in [-0.2, 0) is 16.0 Å². The monoisotopic (exact) mass is 377 g/mol. The fourth-order valence-corrected chi connectivity index (χ4v) is 3.51. The summed E-state index contributed by atoms with van der Waals surface area (Å²) in [5, 5.41) is 0. The fraction of sp³-hybridized carbons (Fsp3) is 0.348. The molecule has 146 valence electrons. The van der Waals surface area contributed by atoms with Crippen LogP contribution in [0.25, 0.3) is 5.57 Å². The Kier molecular flexibility index (Phi) is 6.24. The van der Waals surface area contributed by atoms with Gasteiger partial charge < -0.3 is 4.90 Å². The van der Waals surface area contributed by atoms with Crippen molar-refractivity contribution in [2.45, 2.75) is 33.6 Å². The van der Waals surface area contributed by atoms with Crippen molar-refractivity contribution >= 4 is 17.4 Å². The summed E-state index contributed by atoms with van der Waals surface area (Å²) in [5.41, 5.74) is 4.14. The van der Waals surface area contributed by atoms with Crippen molar-refractivity contribution in [3.63, 3.8) is 0 Å². The molecular weight excluding hydrogens is 350 g/mol. The van der Waals surface area contributed by atoms with Gasteiger partial charge in [-0.05, 0) is 49.9 Å². The van der Waals surface area contributed by atoms with Crippen LogP contribution in [0.5, 0.6) is 0 Å². The molecule has 1 aromatic carbocycles. The first-order valence-electron chi connectivity index (χ1n) is 9.88. The maximum Gasteiger partial charge on any atom is 0.277 e. The first-order chi connectivity index (χ1) is 13.6. The average molecular weight is 377 g/mol. The highest BCUT2D eigenvalue weighted by Crippen LogP contribution is 2.32. The third kappa shape index (κ3) is 3.98. The largest absolute Gasteiger partial charge is 0.366 e. The van der Waals surface area contributed by atoms with E-state index in [4.69, 9.17) is 0 Å². The molecule has 3 rings (SSSR count). The Morgan fingerprint density at radius 1 is 0.964 bits per heavy atom. The van der Waals surface area contributed by atoms with Crippen LogP contribution >= 0.6 is 0 Å². The molecule has 2 heterocycles. The summed E-state index contributed by atoms with van der Waals surface area (Å²) in [6.07, 6.45) is 5.08. The van der Waals surface area contributed by atoms with Crippen LogP contribution in [0, 0.1) is 6.92 Å². The number of hydrogen-bond donors (Lipinski definition) is 0. The summed E-state index contributed by atoms with van der Waals surface area (Å²) in [6.45, 7) is 7.78. The van der Waals surface area contributed by atoms with Crippen molar-refractivity contribution in [2.24, 2.45) is 0 Å². The molecule has 5 nitrogen and oxygen atoms in total. The second kappa shape index (κ2) is 8.83. The van der Waals surface area contributed by atoms with Gasteiger partial charge in [-0.25, -0.2) is 0 Å². The molecule has 1 aliphatic heterocycles. The number of aromatic nitrogens is 1. The lowest BCUT2D eigenvalue weighted by atomic mass is 10.0. The molecule has 2 amide bonds. The van der Waals surface area contributed by atoms with Crippen molar-refractivity contribution in [3.8, 4) is 0 Å². The Balaban J connectivity index is 1.98. The lowest BCUT2D eigenvalue weighted by Gasteiger charge is -2.24. The Hall–Kier alpha value is -2.95. The normalized spacial score (nSPS) is 14.2. The number of amides is 2. The standard InChI is InChI=1S/C23H27N3O2/c1-4-15-26-22(27)20(19-8-6-17(3)7-9-19)21(23(26)28)25(5-2)16-12-18-10-13-24-14-11-18/h6-11,13-14H,4-5,12,15-16H2,1-3H3. The summed E-state index contributed by atoms with van der Waals surface area (Å²) in [6, 6.07) is 11.8. The number of carbonyl (C=O) groups is 2. The highest BCUT2D eigenvalue weighted by Gasteiger charge is 2.40. The molecule has 2 aromatic rings. The maximum atomic E-state index is 13.2. The average Bonchev–Trinajstić information content (AvgIpc) is 2.95. The third-order valence-corrected chi connectivity index (χ3v) is 5.05. The van der Waals surface area contributed by atoms with Crippen molar-refractivity contribution in [2.75, 3.05) is 19.6 Å². The highest BCUT2D eigenvalue weighted by molar-refractivity contribution is 6.35. The van der Waals surface area contributed by atoms with Crippen molar-refractivity contribution in [1.29, 1.82) is 0 Å². The van der Waals surface area contributed by atoms with Gasteiger partial charge in [0.15, 0.2) is 0 Å². The lowest BCUT2D eigenvalue weighted by molar-refractivity contribution is -0.137. The van der Waals surface area contributed by atoms with Gasteiger partial charge in [0.1, 0.15) is 5.70 Å². The first-order valence-corrected chi connectivity index (χ1v) is 9.88. The number of pyridine rings is 1. The third-order valence-electron chi connectivity index (χ3n) is 5.05. The summed E-state index contributed by atoms with van der Waals surface area (Å²) < 4.78 is 0. The Labute approximate surface area is 166 Å². The van der Waals surface area contributed by atoms with E-state index in [-0.39, 0.29) is 11.8 Å². The fourth-order valence-electron chi connectivity index (χ4n) is 3.51. The van der Waals surface area contributed by atoms with Crippen LogP contribution < -0.4 is 0 Å². The van der Waals surface area contributed by atoms with Gasteiger partial charge in [-0.15, -0.1) is 0 Å². The minimum Gasteiger partial charge on any atom is -0.366 e. The van der Waals surface area contributed by atoms with Crippen LogP contribution in [0.2, 0.25) is 0 Å². The van der Waals surface area contributed by atoms with Crippen molar-refractivity contribution in [3.05, 3.63) is 71.2 Å². The number of nitrogens with zero attached hydrogens (tertiary/aromatic N) is 3. The number of aryl methyl sites for hydroxylation is 1. The number of hydrogen-bond acceptors (Lipinski definition) is 4. The zero-order valence-electron chi connectivity index (χ0n) is 16.8. The van der Waals surface area contributed by atoms with Gasteiger partial charge in [0.05, 0.1) is 5.57 Å². The van der Waals surface area contributed by atoms with E-state index in [1.165, 1.54) is 4.90 Å². The molecule has 1 aromatic heterocycles. The summed E-state index contributed by atoms with van der Waals surface area (Å²) in [7, 11) is 0. The number of benzene rings is 1. The first kappa shape index (κ1) is 19.8. The Bertz CT molecular complexity index is 872. The van der Waals surface area contributed by atoms with Crippen LogP contribution in [0.4, 0.5) is 0 Å². The van der Waals surface area contributed by atoms with Crippen LogP contribution in [0.3, 0.4) is 0 Å². The van der Waals surface area contributed by atoms with Crippen LogP contribution in [0.15, 0.2) is 54.5 Å². The summed E-state index contributed by atoms with van der Waals surface area (Å²) in [5.74, 6) is -0.368. The van der Waals surface area contributed by atoms with Gasteiger partial charge in [-0.1, -0.05) is 36.8 Å². The molecular formula is C23H27N3O2. The second-order valence-corrected chi connectivity index (χ2v) is 7.04. The van der Waals surface area contributed by atoms with E-state index in [2.05, 4.69) is 4.98 Å². The molecule has 0 spiro atoms. The quantitative estimate of drug-likeness (QED) is 0.661. The van der Waals surface area contributed by atoms with Gasteiger partial charge in [-0.2, -0.15) is 0 Å². The van der Waals surface area contributed by atoms with E-state index in [1.54, 1.807) is 12.4 Å². The zero-order valence-corrected chi connectivity index (χ0v) is 16.8. The van der Waals surface area contributed by atoms with Gasteiger partial charge >= 0.3 is 0 Å². The van der Waals surface area contributed by atoms with E-state index < -0.39 is 0 Å². The zero-order chi connectivity index (χ0) is 20.1. The molecule has 0 atom stereocenters. The molecule has 0 fully saturated rings. The van der Waals surface area contributed by atoms with Gasteiger partial charge in [0.25, 0.3) is 11.8 Å².